The first kappa shape index (κ1) is 16.6. The first-order valence-corrected chi connectivity index (χ1v) is 9.00. The molecule has 0 amide bonds. The Morgan fingerprint density at radius 2 is 2.05 bits per heavy atom. The minimum absolute atomic E-state index is 0.0295. The minimum atomic E-state index is -2.89. The molecule has 1 aromatic carbocycles. The Kier molecular flexibility index (Phi) is 6.46. The van der Waals surface area contributed by atoms with Gasteiger partial charge in [-0.25, -0.2) is 8.42 Å². The van der Waals surface area contributed by atoms with E-state index in [4.69, 9.17) is 5.73 Å². The molecule has 1 rings (SSSR count). The number of sulfone groups is 1. The molecule has 0 saturated carbocycles. The highest BCUT2D eigenvalue weighted by Crippen LogP contribution is 2.18. The highest BCUT2D eigenvalue weighted by molar-refractivity contribution is 9.10. The van der Waals surface area contributed by atoms with Gasteiger partial charge in [0.25, 0.3) is 0 Å². The van der Waals surface area contributed by atoms with E-state index < -0.39 is 9.84 Å². The van der Waals surface area contributed by atoms with Crippen molar-refractivity contribution in [2.75, 3.05) is 32.1 Å². The molecule has 19 heavy (non-hydrogen) atoms. The molecule has 1 atom stereocenters. The number of nitrogens with two attached hydrogens (primary N) is 1. The Morgan fingerprint density at radius 3 is 2.63 bits per heavy atom. The first-order valence-electron chi connectivity index (χ1n) is 6.15. The Balaban J connectivity index is 2.40. The molecule has 0 fully saturated rings. The van der Waals surface area contributed by atoms with Crippen molar-refractivity contribution in [1.82, 2.24) is 4.90 Å². The fraction of sp³-hybridized carbons (Fsp3) is 0.538. The summed E-state index contributed by atoms with van der Waals surface area (Å²) >= 11 is 3.42. The zero-order valence-electron chi connectivity index (χ0n) is 11.3. The summed E-state index contributed by atoms with van der Waals surface area (Å²) in [6, 6.07) is 7.92. The molecule has 108 valence electrons. The molecular formula is C13H21BrN2O2S. The number of nitrogens with zero attached hydrogens (tertiary/aromatic N) is 1. The number of hydrogen-bond donors (Lipinski definition) is 1. The SMILES string of the molecule is CN(CCC(N)c1cccc(Br)c1)CCS(C)(=O)=O. The largest absolute Gasteiger partial charge is 0.324 e. The molecular weight excluding hydrogens is 328 g/mol. The maximum Gasteiger partial charge on any atom is 0.148 e. The zero-order valence-corrected chi connectivity index (χ0v) is 13.7. The number of benzene rings is 1. The summed E-state index contributed by atoms with van der Waals surface area (Å²) in [5.41, 5.74) is 7.22. The fourth-order valence-electron chi connectivity index (χ4n) is 1.70. The topological polar surface area (TPSA) is 63.4 Å². The molecule has 0 aromatic heterocycles. The second kappa shape index (κ2) is 7.38. The van der Waals surface area contributed by atoms with Gasteiger partial charge in [0.15, 0.2) is 0 Å². The van der Waals surface area contributed by atoms with E-state index in [2.05, 4.69) is 15.9 Å². The van der Waals surface area contributed by atoms with Gasteiger partial charge < -0.3 is 10.6 Å². The molecule has 2 N–H and O–H groups in total. The zero-order chi connectivity index (χ0) is 14.5. The van der Waals surface area contributed by atoms with Crippen molar-refractivity contribution < 1.29 is 8.42 Å². The van der Waals surface area contributed by atoms with Gasteiger partial charge in [0.2, 0.25) is 0 Å². The molecule has 4 nitrogen and oxygen atoms in total. The molecule has 0 heterocycles. The third-order valence-corrected chi connectivity index (χ3v) is 4.36. The van der Waals surface area contributed by atoms with Crippen LogP contribution < -0.4 is 5.73 Å². The molecule has 0 aliphatic heterocycles. The highest BCUT2D eigenvalue weighted by atomic mass is 79.9. The smallest absolute Gasteiger partial charge is 0.148 e. The van der Waals surface area contributed by atoms with Gasteiger partial charge in [-0.3, -0.25) is 0 Å². The van der Waals surface area contributed by atoms with Crippen LogP contribution in [0.1, 0.15) is 18.0 Å². The summed E-state index contributed by atoms with van der Waals surface area (Å²) in [5.74, 6) is 0.190. The maximum absolute atomic E-state index is 11.1. The second-order valence-corrected chi connectivity index (χ2v) is 8.06. The van der Waals surface area contributed by atoms with Crippen molar-refractivity contribution in [1.29, 1.82) is 0 Å². The molecule has 1 unspecified atom stereocenters. The van der Waals surface area contributed by atoms with Crippen LogP contribution in [0.15, 0.2) is 28.7 Å². The lowest BCUT2D eigenvalue weighted by molar-refractivity contribution is 0.335. The van der Waals surface area contributed by atoms with E-state index in [9.17, 15) is 8.42 Å². The van der Waals surface area contributed by atoms with Crippen LogP contribution in [-0.4, -0.2) is 45.5 Å². The third-order valence-electron chi connectivity index (χ3n) is 2.94. The summed E-state index contributed by atoms with van der Waals surface area (Å²) in [5, 5.41) is 0. The Hall–Kier alpha value is -0.430. The minimum Gasteiger partial charge on any atom is -0.324 e. The molecule has 0 spiro atoms. The second-order valence-electron chi connectivity index (χ2n) is 4.88. The van der Waals surface area contributed by atoms with Crippen LogP contribution in [-0.2, 0) is 9.84 Å². The fourth-order valence-corrected chi connectivity index (χ4v) is 2.76. The number of hydrogen-bond acceptors (Lipinski definition) is 4. The lowest BCUT2D eigenvalue weighted by atomic mass is 10.0. The van der Waals surface area contributed by atoms with E-state index in [1.54, 1.807) is 0 Å². The van der Waals surface area contributed by atoms with Crippen molar-refractivity contribution in [3.63, 3.8) is 0 Å². The van der Waals surface area contributed by atoms with Crippen molar-refractivity contribution in [2.24, 2.45) is 5.73 Å². The van der Waals surface area contributed by atoms with Crippen molar-refractivity contribution in [2.45, 2.75) is 12.5 Å². The Labute approximate surface area is 124 Å². The van der Waals surface area contributed by atoms with Crippen molar-refractivity contribution >= 4 is 25.8 Å². The van der Waals surface area contributed by atoms with Crippen LogP contribution in [0.4, 0.5) is 0 Å². The standard InChI is InChI=1S/C13H21BrN2O2S/c1-16(8-9-19(2,17)18)7-6-13(15)11-4-3-5-12(14)10-11/h3-5,10,13H,6-9,15H2,1-2H3. The van der Waals surface area contributed by atoms with Gasteiger partial charge in [-0.2, -0.15) is 0 Å². The molecule has 0 bridgehead atoms. The Bertz CT molecular complexity index is 505. The number of halogens is 1. The summed E-state index contributed by atoms with van der Waals surface area (Å²) in [6.45, 7) is 1.33. The molecule has 0 radical (unpaired) electrons. The molecule has 6 heteroatoms. The average molecular weight is 349 g/mol. The third kappa shape index (κ3) is 7.06. The quantitative estimate of drug-likeness (QED) is 0.816. The normalized spacial score (nSPS) is 13.7. The van der Waals surface area contributed by atoms with Gasteiger partial charge in [0.1, 0.15) is 9.84 Å². The predicted molar refractivity (Wildman–Crippen MR) is 82.9 cm³/mol. The van der Waals surface area contributed by atoms with Crippen LogP contribution >= 0.6 is 15.9 Å². The van der Waals surface area contributed by atoms with Crippen molar-refractivity contribution in [3.8, 4) is 0 Å². The van der Waals surface area contributed by atoms with Crippen LogP contribution in [0.5, 0.6) is 0 Å². The Morgan fingerprint density at radius 1 is 1.37 bits per heavy atom. The maximum atomic E-state index is 11.1. The van der Waals surface area contributed by atoms with E-state index >= 15 is 0 Å². The first-order chi connectivity index (χ1) is 8.78. The lowest BCUT2D eigenvalue weighted by Gasteiger charge is -2.19. The monoisotopic (exact) mass is 348 g/mol. The average Bonchev–Trinajstić information content (AvgIpc) is 2.32. The van der Waals surface area contributed by atoms with Crippen molar-refractivity contribution in [3.05, 3.63) is 34.3 Å². The van der Waals surface area contributed by atoms with Crippen LogP contribution in [0.2, 0.25) is 0 Å². The van der Waals surface area contributed by atoms with Crippen LogP contribution in [0, 0.1) is 0 Å². The van der Waals surface area contributed by atoms with Gasteiger partial charge >= 0.3 is 0 Å². The molecule has 0 saturated heterocycles. The summed E-state index contributed by atoms with van der Waals surface area (Å²) in [7, 11) is -0.979. The predicted octanol–water partition coefficient (Wildman–Crippen LogP) is 1.82. The lowest BCUT2D eigenvalue weighted by Crippen LogP contribution is -2.28. The van der Waals surface area contributed by atoms with Gasteiger partial charge in [0.05, 0.1) is 5.75 Å². The van der Waals surface area contributed by atoms with E-state index in [1.807, 2.05) is 36.2 Å². The van der Waals surface area contributed by atoms with E-state index in [0.717, 1.165) is 23.0 Å². The van der Waals surface area contributed by atoms with E-state index in [-0.39, 0.29) is 11.8 Å². The molecule has 1 aromatic rings. The molecule has 0 aliphatic rings. The van der Waals surface area contributed by atoms with Gasteiger partial charge in [0, 0.05) is 23.3 Å². The summed E-state index contributed by atoms with van der Waals surface area (Å²) in [4.78, 5) is 2.00. The van der Waals surface area contributed by atoms with Gasteiger partial charge in [-0.15, -0.1) is 0 Å². The van der Waals surface area contributed by atoms with E-state index in [1.165, 1.54) is 6.26 Å². The van der Waals surface area contributed by atoms with Crippen LogP contribution in [0.25, 0.3) is 0 Å². The summed E-state index contributed by atoms with van der Waals surface area (Å²) < 4.78 is 23.2. The molecule has 0 aliphatic carbocycles. The van der Waals surface area contributed by atoms with Gasteiger partial charge in [-0.05, 0) is 37.7 Å². The van der Waals surface area contributed by atoms with Gasteiger partial charge in [-0.1, -0.05) is 28.1 Å². The highest BCUT2D eigenvalue weighted by Gasteiger charge is 2.09. The van der Waals surface area contributed by atoms with E-state index in [0.29, 0.717) is 6.54 Å². The van der Waals surface area contributed by atoms with Crippen LogP contribution in [0.3, 0.4) is 0 Å². The number of rotatable bonds is 7. The summed E-state index contributed by atoms with van der Waals surface area (Å²) in [6.07, 6.45) is 2.06.